The summed E-state index contributed by atoms with van der Waals surface area (Å²) in [6, 6.07) is 0. The van der Waals surface area contributed by atoms with Crippen molar-refractivity contribution in [3.63, 3.8) is 0 Å². The summed E-state index contributed by atoms with van der Waals surface area (Å²) in [5, 5.41) is 0. The number of sulfone groups is 1. The first-order valence-electron chi connectivity index (χ1n) is 5.22. The molecule has 15 heavy (non-hydrogen) atoms. The first-order chi connectivity index (χ1) is 6.52. The van der Waals surface area contributed by atoms with Crippen molar-refractivity contribution in [3.8, 4) is 0 Å². The van der Waals surface area contributed by atoms with E-state index in [1.165, 1.54) is 0 Å². The molecule has 0 aromatic heterocycles. The number of hydrogen-bond acceptors (Lipinski definition) is 3. The van der Waals surface area contributed by atoms with Crippen LogP contribution < -0.4 is 0 Å². The first kappa shape index (κ1) is 14.6. The fourth-order valence-electron chi connectivity index (χ4n) is 1.05. The molecule has 0 N–H and O–H groups in total. The van der Waals surface area contributed by atoms with Crippen LogP contribution in [0, 0.1) is 11.3 Å². The lowest BCUT2D eigenvalue weighted by Gasteiger charge is -2.26. The molecule has 0 spiro atoms. The Labute approximate surface area is 93.2 Å². The van der Waals surface area contributed by atoms with Gasteiger partial charge >= 0.3 is 0 Å². The maximum atomic E-state index is 11.5. The molecule has 0 saturated carbocycles. The molecule has 0 aromatic carbocycles. The Morgan fingerprint density at radius 1 is 1.27 bits per heavy atom. The highest BCUT2D eigenvalue weighted by Gasteiger charge is 2.22. The van der Waals surface area contributed by atoms with Crippen LogP contribution in [0.25, 0.3) is 0 Å². The van der Waals surface area contributed by atoms with E-state index in [2.05, 4.69) is 20.8 Å². The van der Waals surface area contributed by atoms with Gasteiger partial charge in [0.05, 0.1) is 5.75 Å². The third-order valence-corrected chi connectivity index (χ3v) is 3.71. The van der Waals surface area contributed by atoms with E-state index in [1.807, 2.05) is 6.92 Å². The third kappa shape index (κ3) is 7.54. The minimum atomic E-state index is -3.01. The van der Waals surface area contributed by atoms with Gasteiger partial charge in [-0.3, -0.25) is 4.79 Å². The fraction of sp³-hybridized carbons (Fsp3) is 0.909. The van der Waals surface area contributed by atoms with Crippen LogP contribution in [0.1, 0.15) is 40.5 Å². The minimum Gasteiger partial charge on any atom is -0.300 e. The van der Waals surface area contributed by atoms with E-state index in [0.29, 0.717) is 6.42 Å². The molecule has 0 fully saturated rings. The molecular weight excluding hydrogens is 212 g/mol. The largest absolute Gasteiger partial charge is 0.300 e. The molecule has 4 heteroatoms. The Kier molecular flexibility index (Phi) is 4.97. The summed E-state index contributed by atoms with van der Waals surface area (Å²) >= 11 is 0. The van der Waals surface area contributed by atoms with Gasteiger partial charge in [-0.15, -0.1) is 0 Å². The van der Waals surface area contributed by atoms with Crippen molar-refractivity contribution in [2.75, 3.05) is 12.0 Å². The molecule has 0 radical (unpaired) electrons. The number of carbonyl (C=O) groups excluding carboxylic acids is 1. The molecule has 0 aliphatic heterocycles. The summed E-state index contributed by atoms with van der Waals surface area (Å²) in [4.78, 5) is 11.5. The average molecular weight is 234 g/mol. The van der Waals surface area contributed by atoms with Crippen molar-refractivity contribution >= 4 is 15.6 Å². The van der Waals surface area contributed by atoms with E-state index in [-0.39, 0.29) is 29.3 Å². The molecule has 3 nitrogen and oxygen atoms in total. The van der Waals surface area contributed by atoms with Crippen molar-refractivity contribution in [2.45, 2.75) is 40.5 Å². The number of carbonyl (C=O) groups is 1. The Morgan fingerprint density at radius 3 is 2.07 bits per heavy atom. The normalized spacial score (nSPS) is 15.0. The molecule has 90 valence electrons. The first-order valence-corrected chi connectivity index (χ1v) is 7.28. The van der Waals surface area contributed by atoms with E-state index in [1.54, 1.807) is 0 Å². The van der Waals surface area contributed by atoms with Crippen LogP contribution in [0.15, 0.2) is 0 Å². The topological polar surface area (TPSA) is 51.2 Å². The lowest BCUT2D eigenvalue weighted by molar-refractivity contribution is -0.120. The quantitative estimate of drug-likeness (QED) is 0.731. The number of rotatable bonds is 5. The molecule has 1 unspecified atom stereocenters. The van der Waals surface area contributed by atoms with E-state index in [9.17, 15) is 13.2 Å². The summed E-state index contributed by atoms with van der Waals surface area (Å²) in [6.07, 6.45) is 1.78. The standard InChI is InChI=1S/C11H22O3S/c1-9(11(2,3)4)8-10(12)6-7-15(5,13)14/h9H,6-8H2,1-5H3. The van der Waals surface area contributed by atoms with Gasteiger partial charge in [0.2, 0.25) is 0 Å². The monoisotopic (exact) mass is 234 g/mol. The Balaban J connectivity index is 4.06. The summed E-state index contributed by atoms with van der Waals surface area (Å²) in [5.41, 5.74) is 0.0980. The van der Waals surface area contributed by atoms with E-state index < -0.39 is 9.84 Å². The molecule has 1 atom stereocenters. The fourth-order valence-corrected chi connectivity index (χ4v) is 1.65. The highest BCUT2D eigenvalue weighted by atomic mass is 32.2. The molecule has 0 bridgehead atoms. The summed E-state index contributed by atoms with van der Waals surface area (Å²) < 4.78 is 21.7. The Hall–Kier alpha value is -0.380. The van der Waals surface area contributed by atoms with Gasteiger partial charge in [-0.25, -0.2) is 8.42 Å². The highest BCUT2D eigenvalue weighted by Crippen LogP contribution is 2.28. The maximum absolute atomic E-state index is 11.5. The second kappa shape index (κ2) is 5.10. The molecular formula is C11H22O3S. The lowest BCUT2D eigenvalue weighted by Crippen LogP contribution is -2.21. The zero-order chi connectivity index (χ0) is 12.3. The zero-order valence-corrected chi connectivity index (χ0v) is 11.1. The van der Waals surface area contributed by atoms with Gasteiger partial charge in [-0.05, 0) is 11.3 Å². The SMILES string of the molecule is CC(CC(=O)CCS(C)(=O)=O)C(C)(C)C. The van der Waals surface area contributed by atoms with Crippen LogP contribution in [0.2, 0.25) is 0 Å². The molecule has 0 rings (SSSR count). The van der Waals surface area contributed by atoms with Crippen LogP contribution in [0.4, 0.5) is 0 Å². The van der Waals surface area contributed by atoms with E-state index in [0.717, 1.165) is 6.26 Å². The second-order valence-electron chi connectivity index (χ2n) is 5.39. The molecule has 0 aromatic rings. The molecule has 0 aliphatic carbocycles. The van der Waals surface area contributed by atoms with Crippen LogP contribution >= 0.6 is 0 Å². The summed E-state index contributed by atoms with van der Waals surface area (Å²) in [7, 11) is -3.01. The van der Waals surface area contributed by atoms with Gasteiger partial charge in [-0.1, -0.05) is 27.7 Å². The molecule has 0 heterocycles. The minimum absolute atomic E-state index is 0.0251. The van der Waals surface area contributed by atoms with Gasteiger partial charge in [0.1, 0.15) is 15.6 Å². The van der Waals surface area contributed by atoms with Crippen molar-refractivity contribution < 1.29 is 13.2 Å². The lowest BCUT2D eigenvalue weighted by atomic mass is 9.79. The van der Waals surface area contributed by atoms with Gasteiger partial charge in [0.15, 0.2) is 0 Å². The maximum Gasteiger partial charge on any atom is 0.147 e. The number of Topliss-reactive ketones (excluding diaryl/α,β-unsaturated/α-hetero) is 1. The van der Waals surface area contributed by atoms with Crippen LogP contribution in [0.3, 0.4) is 0 Å². The van der Waals surface area contributed by atoms with E-state index in [4.69, 9.17) is 0 Å². The Bertz CT molecular complexity index is 309. The summed E-state index contributed by atoms with van der Waals surface area (Å²) in [5.74, 6) is 0.301. The van der Waals surface area contributed by atoms with E-state index >= 15 is 0 Å². The van der Waals surface area contributed by atoms with Gasteiger partial charge < -0.3 is 0 Å². The van der Waals surface area contributed by atoms with Crippen LogP contribution in [0.5, 0.6) is 0 Å². The predicted octanol–water partition coefficient (Wildman–Crippen LogP) is 2.06. The Morgan fingerprint density at radius 2 is 1.73 bits per heavy atom. The average Bonchev–Trinajstić information content (AvgIpc) is 1.97. The van der Waals surface area contributed by atoms with Crippen molar-refractivity contribution in [2.24, 2.45) is 11.3 Å². The molecule has 0 amide bonds. The van der Waals surface area contributed by atoms with Crippen LogP contribution in [-0.2, 0) is 14.6 Å². The number of hydrogen-bond donors (Lipinski definition) is 0. The van der Waals surface area contributed by atoms with Gasteiger partial charge in [0, 0.05) is 19.1 Å². The smallest absolute Gasteiger partial charge is 0.147 e. The number of ketones is 1. The summed E-state index contributed by atoms with van der Waals surface area (Å²) in [6.45, 7) is 8.28. The third-order valence-electron chi connectivity index (χ3n) is 2.76. The van der Waals surface area contributed by atoms with Crippen molar-refractivity contribution in [1.29, 1.82) is 0 Å². The molecule has 0 aliphatic rings. The van der Waals surface area contributed by atoms with Crippen molar-refractivity contribution in [1.82, 2.24) is 0 Å². The van der Waals surface area contributed by atoms with Gasteiger partial charge in [0.25, 0.3) is 0 Å². The van der Waals surface area contributed by atoms with Crippen molar-refractivity contribution in [3.05, 3.63) is 0 Å². The highest BCUT2D eigenvalue weighted by molar-refractivity contribution is 7.90. The zero-order valence-electron chi connectivity index (χ0n) is 10.3. The molecule has 0 saturated heterocycles. The van der Waals surface area contributed by atoms with Gasteiger partial charge in [-0.2, -0.15) is 0 Å². The second-order valence-corrected chi connectivity index (χ2v) is 7.65. The van der Waals surface area contributed by atoms with Crippen LogP contribution in [-0.4, -0.2) is 26.2 Å². The predicted molar refractivity (Wildman–Crippen MR) is 62.6 cm³/mol.